The Morgan fingerprint density at radius 1 is 1.07 bits per heavy atom. The molecule has 13 nitrogen and oxygen atoms in total. The van der Waals surface area contributed by atoms with Crippen molar-refractivity contribution in [3.8, 4) is 11.8 Å². The van der Waals surface area contributed by atoms with Crippen LogP contribution in [0, 0.1) is 22.6 Å². The number of aliphatic hydroxyl groups is 3. The predicted molar refractivity (Wildman–Crippen MR) is 154 cm³/mol. The van der Waals surface area contributed by atoms with Crippen molar-refractivity contribution in [1.29, 1.82) is 5.26 Å². The van der Waals surface area contributed by atoms with Crippen LogP contribution in [0.4, 0.5) is 4.39 Å². The summed E-state index contributed by atoms with van der Waals surface area (Å²) in [5, 5.41) is 56.6. The molecule has 3 aliphatic carbocycles. The van der Waals surface area contributed by atoms with Gasteiger partial charge in [0.1, 0.15) is 40.3 Å². The summed E-state index contributed by atoms with van der Waals surface area (Å²) in [4.78, 5) is 41.4. The maximum absolute atomic E-state index is 14.5. The highest BCUT2D eigenvalue weighted by Crippen LogP contribution is 2.60. The minimum Gasteiger partial charge on any atom is -0.509 e. The number of carbonyl (C=O) groups is 3. The summed E-state index contributed by atoms with van der Waals surface area (Å²) in [6, 6.07) is 6.43. The molecule has 6 atom stereocenters. The lowest BCUT2D eigenvalue weighted by Crippen LogP contribution is -2.87. The van der Waals surface area contributed by atoms with E-state index in [1.165, 1.54) is 56.6 Å². The number of likely N-dealkylation sites (N-methyl/N-ethyl adjacent to an activating group) is 1. The summed E-state index contributed by atoms with van der Waals surface area (Å²) in [6.45, 7) is 0. The number of phenols is 1. The smallest absolute Gasteiger partial charge is 0.255 e. The Bertz CT molecular complexity index is 1800. The van der Waals surface area contributed by atoms with E-state index in [0.29, 0.717) is 5.56 Å². The second-order valence-electron chi connectivity index (χ2n) is 11.3. The number of phenolic OH excluding ortho intramolecular Hbond substituents is 1. The Morgan fingerprint density at radius 2 is 1.68 bits per heavy atom. The lowest BCUT2D eigenvalue weighted by molar-refractivity contribution is -0.153. The van der Waals surface area contributed by atoms with Crippen LogP contribution in [0.15, 0.2) is 53.3 Å². The van der Waals surface area contributed by atoms with E-state index in [1.807, 2.05) is 0 Å². The lowest BCUT2D eigenvalue weighted by Gasteiger charge is -2.62. The zero-order chi connectivity index (χ0) is 32.7. The van der Waals surface area contributed by atoms with E-state index in [4.69, 9.17) is 22.9 Å². The number of rotatable bonds is 4. The summed E-state index contributed by atoms with van der Waals surface area (Å²) in [7, 11) is 2.64. The van der Waals surface area contributed by atoms with E-state index >= 15 is 0 Å². The number of fused-ring (bicyclic) bond motifs is 3. The summed E-state index contributed by atoms with van der Waals surface area (Å²) in [5.74, 6) is -7.52. The summed E-state index contributed by atoms with van der Waals surface area (Å²) >= 11 is 0. The molecule has 1 amide bonds. The first kappa shape index (κ1) is 30.5. The molecule has 2 aromatic carbocycles. The van der Waals surface area contributed by atoms with Crippen LogP contribution in [-0.2, 0) is 14.4 Å². The van der Waals surface area contributed by atoms with Crippen LogP contribution < -0.4 is 22.9 Å². The number of primary amides is 1. The van der Waals surface area contributed by atoms with Crippen molar-refractivity contribution in [3.63, 3.8) is 0 Å². The van der Waals surface area contributed by atoms with E-state index in [0.717, 1.165) is 4.90 Å². The Hall–Kier alpha value is -4.91. The molecule has 3 aliphatic rings. The van der Waals surface area contributed by atoms with Crippen molar-refractivity contribution in [2.24, 2.45) is 28.3 Å². The Balaban J connectivity index is 1.81. The van der Waals surface area contributed by atoms with Crippen molar-refractivity contribution < 1.29 is 39.2 Å². The highest BCUT2D eigenvalue weighted by molar-refractivity contribution is 6.26. The fourth-order valence-corrected chi connectivity index (χ4v) is 6.79. The average Bonchev–Trinajstić information content (AvgIpc) is 2.95. The molecule has 0 radical (unpaired) electrons. The van der Waals surface area contributed by atoms with Gasteiger partial charge in [0.05, 0.1) is 34.8 Å². The number of carbonyl (C=O) groups excluding carboxylic acids is 3. The first-order valence-corrected chi connectivity index (χ1v) is 13.2. The molecule has 2 aromatic rings. The number of Topliss-reactive ketones (excluding diaryl/α,β-unsaturated/α-hetero) is 2. The van der Waals surface area contributed by atoms with Crippen LogP contribution in [0.2, 0.25) is 0 Å². The van der Waals surface area contributed by atoms with Crippen molar-refractivity contribution >= 4 is 35.4 Å². The highest BCUT2D eigenvalue weighted by atomic mass is 19.1. The number of hydrogen-bond donors (Lipinski definition) is 8. The SMILES string of the molecule is CN(C)[C@@H]1C(=O)C(C(N)=O)=C(O)[C@@]2(C#N)C(=O)C3=C(O)c4c(ccc(/C=C/c5ccc(F)cc5)c4O)[C@H](N)[C@@]3(N)[C@H](O)[C@@]12N. The topological polar surface area (TPSA) is 263 Å². The predicted octanol–water partition coefficient (Wildman–Crippen LogP) is -0.357. The maximum Gasteiger partial charge on any atom is 0.255 e. The molecule has 0 heterocycles. The number of amides is 1. The zero-order valence-corrected chi connectivity index (χ0v) is 23.4. The third-order valence-electron chi connectivity index (χ3n) is 8.91. The number of nitriles is 1. The lowest BCUT2D eigenvalue weighted by atomic mass is 9.45. The van der Waals surface area contributed by atoms with E-state index in [9.17, 15) is 44.5 Å². The van der Waals surface area contributed by atoms with Crippen molar-refractivity contribution in [1.82, 2.24) is 4.90 Å². The second kappa shape index (κ2) is 9.81. The third-order valence-corrected chi connectivity index (χ3v) is 8.91. The Kier molecular flexibility index (Phi) is 6.81. The molecule has 44 heavy (non-hydrogen) atoms. The van der Waals surface area contributed by atoms with Crippen LogP contribution in [-0.4, -0.2) is 80.1 Å². The van der Waals surface area contributed by atoms with Gasteiger partial charge in [0.2, 0.25) is 0 Å². The van der Waals surface area contributed by atoms with E-state index < -0.39 is 86.4 Å². The molecule has 0 bridgehead atoms. The van der Waals surface area contributed by atoms with Gasteiger partial charge in [0.25, 0.3) is 5.91 Å². The minimum atomic E-state index is -3.07. The summed E-state index contributed by atoms with van der Waals surface area (Å²) in [5.41, 5.74) is 15.3. The average molecular weight is 605 g/mol. The number of halogens is 1. The summed E-state index contributed by atoms with van der Waals surface area (Å²) in [6.07, 6.45) is 0.678. The van der Waals surface area contributed by atoms with Crippen LogP contribution >= 0.6 is 0 Å². The van der Waals surface area contributed by atoms with Gasteiger partial charge in [0, 0.05) is 5.56 Å². The minimum absolute atomic E-state index is 0.0220. The number of aromatic hydroxyl groups is 1. The quantitative estimate of drug-likeness (QED) is 0.164. The number of nitrogens with two attached hydrogens (primary N) is 4. The maximum atomic E-state index is 14.5. The van der Waals surface area contributed by atoms with Gasteiger partial charge in [0.15, 0.2) is 17.0 Å². The molecule has 0 saturated heterocycles. The Morgan fingerprint density at radius 3 is 2.23 bits per heavy atom. The molecule has 5 rings (SSSR count). The van der Waals surface area contributed by atoms with Gasteiger partial charge >= 0.3 is 0 Å². The second-order valence-corrected chi connectivity index (χ2v) is 11.3. The first-order chi connectivity index (χ1) is 20.5. The van der Waals surface area contributed by atoms with Crippen LogP contribution in [0.1, 0.15) is 28.3 Å². The molecule has 0 unspecified atom stereocenters. The van der Waals surface area contributed by atoms with Crippen LogP contribution in [0.25, 0.3) is 17.9 Å². The van der Waals surface area contributed by atoms with Crippen molar-refractivity contribution in [2.45, 2.75) is 29.3 Å². The highest BCUT2D eigenvalue weighted by Gasteiger charge is 2.79. The van der Waals surface area contributed by atoms with Crippen molar-refractivity contribution in [3.05, 3.63) is 81.4 Å². The summed E-state index contributed by atoms with van der Waals surface area (Å²) < 4.78 is 13.3. The van der Waals surface area contributed by atoms with Crippen molar-refractivity contribution in [2.75, 3.05) is 14.1 Å². The largest absolute Gasteiger partial charge is 0.509 e. The number of hydrogen-bond acceptors (Lipinski definition) is 12. The number of ketones is 2. The van der Waals surface area contributed by atoms with Crippen LogP contribution in [0.3, 0.4) is 0 Å². The van der Waals surface area contributed by atoms with Gasteiger partial charge in [-0.05, 0) is 37.4 Å². The Labute approximate surface area is 249 Å². The molecule has 0 aliphatic heterocycles. The number of aliphatic hydroxyl groups excluding tert-OH is 3. The molecule has 1 saturated carbocycles. The van der Waals surface area contributed by atoms with E-state index in [1.54, 1.807) is 12.1 Å². The normalized spacial score (nSPS) is 31.6. The first-order valence-electron chi connectivity index (χ1n) is 13.2. The fourth-order valence-electron chi connectivity index (χ4n) is 6.79. The standard InChI is InChI=1S/C30H29FN6O7/c1-37(2)23-21(40)17(26(34)43)24(41)28(11-32)25(42)18-20(39)16-15(22(33)29(18,35)27(44)30(23,28)36)10-7-13(19(16)38)6-3-12-4-8-14(31)9-5-12/h3-10,22-23,27,38-39,41,44H,33,35-36H2,1-2H3,(H2,34,43)/b6-3+/t22-,23+,27-,28-,29+,30-/m0/s1. The van der Waals surface area contributed by atoms with E-state index in [2.05, 4.69) is 0 Å². The van der Waals surface area contributed by atoms with Gasteiger partial charge in [-0.2, -0.15) is 5.26 Å². The molecule has 12 N–H and O–H groups in total. The molecule has 1 fully saturated rings. The number of benzene rings is 2. The van der Waals surface area contributed by atoms with Crippen LogP contribution in [0.5, 0.6) is 5.75 Å². The van der Waals surface area contributed by atoms with Gasteiger partial charge in [-0.1, -0.05) is 36.4 Å². The number of nitrogens with zero attached hydrogens (tertiary/aromatic N) is 2. The molecule has 14 heteroatoms. The van der Waals surface area contributed by atoms with Gasteiger partial charge in [-0.25, -0.2) is 4.39 Å². The molecule has 0 aromatic heterocycles. The van der Waals surface area contributed by atoms with Gasteiger partial charge in [-0.3, -0.25) is 19.3 Å². The fraction of sp³-hybridized carbons (Fsp3) is 0.267. The van der Waals surface area contributed by atoms with Gasteiger partial charge < -0.3 is 43.4 Å². The van der Waals surface area contributed by atoms with E-state index in [-0.39, 0.29) is 16.7 Å². The molecular weight excluding hydrogens is 575 g/mol. The zero-order valence-electron chi connectivity index (χ0n) is 23.4. The monoisotopic (exact) mass is 604 g/mol. The molecule has 228 valence electrons. The third kappa shape index (κ3) is 3.52. The molecule has 0 spiro atoms. The molecular formula is C30H29FN6O7. The van der Waals surface area contributed by atoms with Gasteiger partial charge in [-0.15, -0.1) is 0 Å².